The molecule has 0 aliphatic rings. The van der Waals surface area contributed by atoms with E-state index in [4.69, 9.17) is 11.6 Å². The normalized spacial score (nSPS) is 10.2. The van der Waals surface area contributed by atoms with E-state index in [9.17, 15) is 0 Å². The molecule has 0 fully saturated rings. The van der Waals surface area contributed by atoms with Crippen LogP contribution in [0.4, 0.5) is 11.5 Å². The van der Waals surface area contributed by atoms with Gasteiger partial charge in [0.2, 0.25) is 0 Å². The van der Waals surface area contributed by atoms with Crippen molar-refractivity contribution in [1.82, 2.24) is 9.97 Å². The van der Waals surface area contributed by atoms with Crippen molar-refractivity contribution in [3.8, 4) is 0 Å². The van der Waals surface area contributed by atoms with Crippen LogP contribution in [-0.4, -0.2) is 9.97 Å². The van der Waals surface area contributed by atoms with Crippen LogP contribution in [0.25, 0.3) is 0 Å². The number of aryl methyl sites for hydroxylation is 1. The van der Waals surface area contributed by atoms with E-state index in [1.165, 1.54) is 11.9 Å². The molecule has 0 aliphatic carbocycles. The van der Waals surface area contributed by atoms with Crippen LogP contribution >= 0.6 is 27.5 Å². The average molecular weight is 299 g/mol. The molecule has 0 saturated heterocycles. The highest BCUT2D eigenvalue weighted by atomic mass is 79.9. The first-order valence-corrected chi connectivity index (χ1v) is 5.83. The lowest BCUT2D eigenvalue weighted by molar-refractivity contribution is 1.15. The predicted molar refractivity (Wildman–Crippen MR) is 69.2 cm³/mol. The van der Waals surface area contributed by atoms with E-state index < -0.39 is 0 Å². The summed E-state index contributed by atoms with van der Waals surface area (Å²) in [6, 6.07) is 8.01. The van der Waals surface area contributed by atoms with Crippen LogP contribution in [0, 0.1) is 6.92 Å². The van der Waals surface area contributed by atoms with Crippen LogP contribution in [-0.2, 0) is 0 Å². The zero-order valence-electron chi connectivity index (χ0n) is 8.54. The van der Waals surface area contributed by atoms with Gasteiger partial charge in [0.1, 0.15) is 17.3 Å². The number of hydrogen-bond acceptors (Lipinski definition) is 3. The van der Waals surface area contributed by atoms with Gasteiger partial charge in [0, 0.05) is 5.69 Å². The molecule has 0 aliphatic heterocycles. The summed E-state index contributed by atoms with van der Waals surface area (Å²) in [5.74, 6) is 0.658. The Balaban J connectivity index is 2.31. The standard InChI is InChI=1S/C11H9BrClN3/c1-7-3-2-4-8(5-7)16-11-9(12)10(13)14-6-15-11/h2-6H,1H3,(H,14,15,16). The van der Waals surface area contributed by atoms with Crippen LogP contribution in [0.5, 0.6) is 0 Å². The minimum Gasteiger partial charge on any atom is -0.339 e. The van der Waals surface area contributed by atoms with Crippen molar-refractivity contribution in [3.05, 3.63) is 45.8 Å². The van der Waals surface area contributed by atoms with Crippen molar-refractivity contribution < 1.29 is 0 Å². The maximum Gasteiger partial charge on any atom is 0.149 e. The van der Waals surface area contributed by atoms with Gasteiger partial charge in [0.15, 0.2) is 0 Å². The molecule has 0 saturated carbocycles. The molecule has 82 valence electrons. The summed E-state index contributed by atoms with van der Waals surface area (Å²) in [4.78, 5) is 7.98. The first kappa shape index (κ1) is 11.4. The van der Waals surface area contributed by atoms with Gasteiger partial charge in [-0.15, -0.1) is 0 Å². The van der Waals surface area contributed by atoms with Gasteiger partial charge in [-0.25, -0.2) is 9.97 Å². The molecule has 0 atom stereocenters. The third-order valence-corrected chi connectivity index (χ3v) is 3.29. The van der Waals surface area contributed by atoms with Crippen molar-refractivity contribution in [2.45, 2.75) is 6.92 Å². The van der Waals surface area contributed by atoms with Gasteiger partial charge in [-0.2, -0.15) is 0 Å². The van der Waals surface area contributed by atoms with Gasteiger partial charge in [-0.1, -0.05) is 23.7 Å². The Labute approximate surface area is 107 Å². The van der Waals surface area contributed by atoms with Crippen molar-refractivity contribution in [3.63, 3.8) is 0 Å². The fourth-order valence-corrected chi connectivity index (χ4v) is 1.73. The molecule has 2 aromatic rings. The second kappa shape index (κ2) is 4.80. The molecule has 0 spiro atoms. The number of hydrogen-bond donors (Lipinski definition) is 1. The highest BCUT2D eigenvalue weighted by Crippen LogP contribution is 2.28. The monoisotopic (exact) mass is 297 g/mol. The lowest BCUT2D eigenvalue weighted by Gasteiger charge is -2.08. The largest absolute Gasteiger partial charge is 0.339 e. The number of anilines is 2. The Bertz CT molecular complexity index is 516. The summed E-state index contributed by atoms with van der Waals surface area (Å²) in [5, 5.41) is 3.57. The van der Waals surface area contributed by atoms with Crippen LogP contribution < -0.4 is 5.32 Å². The highest BCUT2D eigenvalue weighted by Gasteiger charge is 2.06. The summed E-state index contributed by atoms with van der Waals surface area (Å²) < 4.78 is 0.665. The highest BCUT2D eigenvalue weighted by molar-refractivity contribution is 9.10. The number of rotatable bonds is 2. The summed E-state index contributed by atoms with van der Waals surface area (Å²) in [6.07, 6.45) is 1.42. The molecule has 1 N–H and O–H groups in total. The molecule has 5 heteroatoms. The minimum atomic E-state index is 0.394. The van der Waals surface area contributed by atoms with Crippen LogP contribution in [0.3, 0.4) is 0 Å². The lowest BCUT2D eigenvalue weighted by Crippen LogP contribution is -1.96. The summed E-state index contributed by atoms with van der Waals surface area (Å²) in [5.41, 5.74) is 2.15. The molecule has 1 heterocycles. The third-order valence-electron chi connectivity index (χ3n) is 2.03. The molecule has 2 rings (SSSR count). The molecule has 0 unspecified atom stereocenters. The molecule has 0 amide bonds. The van der Waals surface area contributed by atoms with Crippen molar-refractivity contribution in [2.75, 3.05) is 5.32 Å². The van der Waals surface area contributed by atoms with Crippen LogP contribution in [0.15, 0.2) is 35.1 Å². The molecular formula is C11H9BrClN3. The fraction of sp³-hybridized carbons (Fsp3) is 0.0909. The van der Waals surface area contributed by atoms with Gasteiger partial charge < -0.3 is 5.32 Å². The second-order valence-corrected chi connectivity index (χ2v) is 4.47. The van der Waals surface area contributed by atoms with Crippen molar-refractivity contribution in [1.29, 1.82) is 0 Å². The summed E-state index contributed by atoms with van der Waals surface area (Å²) in [7, 11) is 0. The first-order chi connectivity index (χ1) is 7.66. The third kappa shape index (κ3) is 2.51. The number of nitrogens with one attached hydrogen (secondary N) is 1. The Kier molecular flexibility index (Phi) is 3.41. The van der Waals surface area contributed by atoms with Crippen LogP contribution in [0.1, 0.15) is 5.56 Å². The van der Waals surface area contributed by atoms with Crippen molar-refractivity contribution in [2.24, 2.45) is 0 Å². The molecule has 1 aromatic heterocycles. The maximum atomic E-state index is 5.87. The fourth-order valence-electron chi connectivity index (χ4n) is 1.30. The molecule has 1 aromatic carbocycles. The predicted octanol–water partition coefficient (Wildman–Crippen LogP) is 3.94. The smallest absolute Gasteiger partial charge is 0.149 e. The van der Waals surface area contributed by atoms with Crippen LogP contribution in [0.2, 0.25) is 5.15 Å². The molecule has 16 heavy (non-hydrogen) atoms. The Morgan fingerprint density at radius 3 is 2.88 bits per heavy atom. The first-order valence-electron chi connectivity index (χ1n) is 4.66. The van der Waals surface area contributed by atoms with E-state index >= 15 is 0 Å². The van der Waals surface area contributed by atoms with Crippen molar-refractivity contribution >= 4 is 39.0 Å². The molecular weight excluding hydrogens is 289 g/mol. The molecule has 0 radical (unpaired) electrons. The number of nitrogens with zero attached hydrogens (tertiary/aromatic N) is 2. The summed E-state index contributed by atoms with van der Waals surface area (Å²) >= 11 is 9.21. The van der Waals surface area contributed by atoms with E-state index in [-0.39, 0.29) is 0 Å². The van der Waals surface area contributed by atoms with E-state index in [0.29, 0.717) is 15.4 Å². The van der Waals surface area contributed by atoms with E-state index in [1.54, 1.807) is 0 Å². The zero-order chi connectivity index (χ0) is 11.5. The number of halogens is 2. The average Bonchev–Trinajstić information content (AvgIpc) is 2.25. The molecule has 0 bridgehead atoms. The van der Waals surface area contributed by atoms with E-state index in [2.05, 4.69) is 31.2 Å². The van der Waals surface area contributed by atoms with Gasteiger partial charge in [0.25, 0.3) is 0 Å². The maximum absolute atomic E-state index is 5.87. The van der Waals surface area contributed by atoms with Gasteiger partial charge in [-0.05, 0) is 40.5 Å². The Morgan fingerprint density at radius 2 is 2.12 bits per heavy atom. The van der Waals surface area contributed by atoms with E-state index in [1.807, 2.05) is 31.2 Å². The quantitative estimate of drug-likeness (QED) is 0.853. The second-order valence-electron chi connectivity index (χ2n) is 3.32. The van der Waals surface area contributed by atoms with Gasteiger partial charge in [0.05, 0.1) is 4.47 Å². The summed E-state index contributed by atoms with van der Waals surface area (Å²) in [6.45, 7) is 2.03. The van der Waals surface area contributed by atoms with Gasteiger partial charge >= 0.3 is 0 Å². The zero-order valence-corrected chi connectivity index (χ0v) is 10.9. The Morgan fingerprint density at radius 1 is 1.31 bits per heavy atom. The SMILES string of the molecule is Cc1cccc(Nc2ncnc(Cl)c2Br)c1. The Hall–Kier alpha value is -1.13. The van der Waals surface area contributed by atoms with Gasteiger partial charge in [-0.3, -0.25) is 0 Å². The molecule has 3 nitrogen and oxygen atoms in total. The van der Waals surface area contributed by atoms with E-state index in [0.717, 1.165) is 5.69 Å². The minimum absolute atomic E-state index is 0.394. The topological polar surface area (TPSA) is 37.8 Å². The number of benzene rings is 1. The number of aromatic nitrogens is 2. The lowest BCUT2D eigenvalue weighted by atomic mass is 10.2.